The van der Waals surface area contributed by atoms with Crippen molar-refractivity contribution in [2.75, 3.05) is 25.2 Å². The summed E-state index contributed by atoms with van der Waals surface area (Å²) in [5.74, 6) is 0.639. The van der Waals surface area contributed by atoms with E-state index in [1.807, 2.05) is 85.8 Å². The Morgan fingerprint density at radius 1 is 0.931 bits per heavy atom. The molecule has 3 aromatic carbocycles. The van der Waals surface area contributed by atoms with Crippen molar-refractivity contribution in [2.24, 2.45) is 0 Å². The van der Waals surface area contributed by atoms with Crippen LogP contribution in [0.1, 0.15) is 12.5 Å². The molecule has 4 nitrogen and oxygen atoms in total. The Morgan fingerprint density at radius 2 is 1.48 bits per heavy atom. The number of benzene rings is 3. The molecule has 29 heavy (non-hydrogen) atoms. The van der Waals surface area contributed by atoms with E-state index in [2.05, 4.69) is 0 Å². The van der Waals surface area contributed by atoms with Gasteiger partial charge in [-0.05, 0) is 30.7 Å². The van der Waals surface area contributed by atoms with Gasteiger partial charge in [0.15, 0.2) is 0 Å². The molecule has 0 saturated carbocycles. The highest BCUT2D eigenvalue weighted by atomic mass is 31.2. The van der Waals surface area contributed by atoms with Crippen LogP contribution in [-0.4, -0.2) is 26.2 Å². The number of hydrogen-bond acceptors (Lipinski definition) is 3. The first-order chi connectivity index (χ1) is 13.9. The standard InChI is InChI=1S/C24H24NO3P/c1-24(21-16-18(28-3)14-15-22(21)25(2)23(24)26)17-29(27,19-10-6-4-7-11-19)20-12-8-5-9-13-20/h4-16H,17H2,1-3H3. The number of amides is 1. The van der Waals surface area contributed by atoms with Crippen LogP contribution >= 0.6 is 7.14 Å². The lowest BCUT2D eigenvalue weighted by molar-refractivity contribution is -0.121. The SMILES string of the molecule is COc1ccc2c(c1)C(C)(CP(=O)(c1ccccc1)c1ccccc1)C(=O)N2C. The molecule has 1 aliphatic rings. The first-order valence-corrected chi connectivity index (χ1v) is 11.5. The molecule has 1 amide bonds. The van der Waals surface area contributed by atoms with Crippen LogP contribution in [0, 0.1) is 0 Å². The zero-order valence-corrected chi connectivity index (χ0v) is 17.7. The van der Waals surface area contributed by atoms with Crippen LogP contribution < -0.4 is 20.2 Å². The second-order valence-electron chi connectivity index (χ2n) is 7.65. The maximum atomic E-state index is 14.6. The molecule has 1 atom stereocenters. The van der Waals surface area contributed by atoms with Crippen molar-refractivity contribution in [3.8, 4) is 5.75 Å². The summed E-state index contributed by atoms with van der Waals surface area (Å²) in [7, 11) is 0.312. The summed E-state index contributed by atoms with van der Waals surface area (Å²) < 4.78 is 20.0. The van der Waals surface area contributed by atoms with Gasteiger partial charge in [-0.25, -0.2) is 0 Å². The molecule has 5 heteroatoms. The van der Waals surface area contributed by atoms with Crippen molar-refractivity contribution in [3.05, 3.63) is 84.4 Å². The van der Waals surface area contributed by atoms with Crippen LogP contribution in [-0.2, 0) is 14.8 Å². The molecule has 0 N–H and O–H groups in total. The highest BCUT2D eigenvalue weighted by Gasteiger charge is 2.50. The van der Waals surface area contributed by atoms with Gasteiger partial charge in [0.05, 0.1) is 12.5 Å². The third-order valence-corrected chi connectivity index (χ3v) is 9.16. The minimum absolute atomic E-state index is 0.0483. The molecule has 0 aromatic heterocycles. The summed E-state index contributed by atoms with van der Waals surface area (Å²) in [6, 6.07) is 24.6. The van der Waals surface area contributed by atoms with E-state index in [-0.39, 0.29) is 12.1 Å². The summed E-state index contributed by atoms with van der Waals surface area (Å²) >= 11 is 0. The van der Waals surface area contributed by atoms with E-state index >= 15 is 0 Å². The predicted molar refractivity (Wildman–Crippen MR) is 118 cm³/mol. The fourth-order valence-electron chi connectivity index (χ4n) is 4.24. The zero-order chi connectivity index (χ0) is 20.6. The van der Waals surface area contributed by atoms with Crippen LogP contribution in [0.5, 0.6) is 5.75 Å². The number of carbonyl (C=O) groups is 1. The fraction of sp³-hybridized carbons (Fsp3) is 0.208. The Kier molecular flexibility index (Phi) is 4.84. The van der Waals surface area contributed by atoms with Gasteiger partial charge in [0.25, 0.3) is 0 Å². The van der Waals surface area contributed by atoms with Gasteiger partial charge in [-0.15, -0.1) is 0 Å². The van der Waals surface area contributed by atoms with Crippen molar-refractivity contribution < 1.29 is 14.1 Å². The molecule has 0 spiro atoms. The van der Waals surface area contributed by atoms with Crippen LogP contribution in [0.3, 0.4) is 0 Å². The Balaban J connectivity index is 1.90. The molecule has 3 aromatic rings. The average Bonchev–Trinajstić information content (AvgIpc) is 2.95. The maximum absolute atomic E-state index is 14.6. The van der Waals surface area contributed by atoms with E-state index in [0.29, 0.717) is 5.75 Å². The number of hydrogen-bond donors (Lipinski definition) is 0. The van der Waals surface area contributed by atoms with Crippen molar-refractivity contribution in [2.45, 2.75) is 12.3 Å². The number of rotatable bonds is 5. The number of methoxy groups -OCH3 is 1. The molecule has 0 bridgehead atoms. The van der Waals surface area contributed by atoms with E-state index in [1.54, 1.807) is 19.1 Å². The molecule has 1 heterocycles. The summed E-state index contributed by atoms with van der Waals surface area (Å²) in [6.45, 7) is 1.90. The Morgan fingerprint density at radius 3 is 2.00 bits per heavy atom. The van der Waals surface area contributed by atoms with Gasteiger partial charge in [-0.1, -0.05) is 60.7 Å². The molecule has 0 fully saturated rings. The maximum Gasteiger partial charge on any atom is 0.237 e. The normalized spacial score (nSPS) is 18.6. The molecular weight excluding hydrogens is 381 g/mol. The van der Waals surface area contributed by atoms with E-state index in [4.69, 9.17) is 4.74 Å². The van der Waals surface area contributed by atoms with Gasteiger partial charge < -0.3 is 14.2 Å². The molecule has 0 saturated heterocycles. The van der Waals surface area contributed by atoms with Crippen molar-refractivity contribution >= 4 is 29.3 Å². The van der Waals surface area contributed by atoms with Gasteiger partial charge in [0.1, 0.15) is 12.9 Å². The van der Waals surface area contributed by atoms with Crippen LogP contribution in [0.25, 0.3) is 0 Å². The lowest BCUT2D eigenvalue weighted by Gasteiger charge is -2.30. The quantitative estimate of drug-likeness (QED) is 0.604. The molecule has 0 radical (unpaired) electrons. The van der Waals surface area contributed by atoms with E-state index in [0.717, 1.165) is 21.9 Å². The predicted octanol–water partition coefficient (Wildman–Crippen LogP) is 3.94. The van der Waals surface area contributed by atoms with E-state index < -0.39 is 12.6 Å². The minimum Gasteiger partial charge on any atom is -0.497 e. The average molecular weight is 405 g/mol. The number of nitrogens with zero attached hydrogens (tertiary/aromatic N) is 1. The summed E-state index contributed by atoms with van der Waals surface area (Å²) in [6.07, 6.45) is 0.220. The Labute approximate surface area is 171 Å². The lowest BCUT2D eigenvalue weighted by Crippen LogP contribution is -2.41. The van der Waals surface area contributed by atoms with Gasteiger partial charge in [0.2, 0.25) is 5.91 Å². The first-order valence-electron chi connectivity index (χ1n) is 9.57. The molecule has 4 rings (SSSR count). The number of anilines is 1. The van der Waals surface area contributed by atoms with Crippen molar-refractivity contribution in [1.82, 2.24) is 0 Å². The second kappa shape index (κ2) is 7.20. The van der Waals surface area contributed by atoms with Gasteiger partial charge in [0, 0.05) is 29.5 Å². The number of carbonyl (C=O) groups excluding carboxylic acids is 1. The van der Waals surface area contributed by atoms with Gasteiger partial charge in [-0.3, -0.25) is 4.79 Å². The second-order valence-corrected chi connectivity index (χ2v) is 10.5. The molecule has 1 unspecified atom stereocenters. The van der Waals surface area contributed by atoms with E-state index in [9.17, 15) is 9.36 Å². The van der Waals surface area contributed by atoms with Gasteiger partial charge in [-0.2, -0.15) is 0 Å². The highest BCUT2D eigenvalue weighted by Crippen LogP contribution is 2.53. The van der Waals surface area contributed by atoms with Crippen molar-refractivity contribution in [3.63, 3.8) is 0 Å². The van der Waals surface area contributed by atoms with Crippen LogP contribution in [0.2, 0.25) is 0 Å². The lowest BCUT2D eigenvalue weighted by atomic mass is 9.86. The third kappa shape index (κ3) is 3.08. The van der Waals surface area contributed by atoms with E-state index in [1.165, 1.54) is 0 Å². The Hall–Kier alpha value is -2.84. The zero-order valence-electron chi connectivity index (χ0n) is 16.8. The van der Waals surface area contributed by atoms with Crippen LogP contribution in [0.4, 0.5) is 5.69 Å². The molecule has 0 aliphatic carbocycles. The fourth-order valence-corrected chi connectivity index (χ4v) is 7.41. The molecule has 148 valence electrons. The summed E-state index contributed by atoms with van der Waals surface area (Å²) in [4.78, 5) is 15.0. The summed E-state index contributed by atoms with van der Waals surface area (Å²) in [5.41, 5.74) is 0.780. The number of likely N-dealkylation sites (N-methyl/N-ethyl adjacent to an activating group) is 1. The van der Waals surface area contributed by atoms with Crippen LogP contribution in [0.15, 0.2) is 78.9 Å². The third-order valence-electron chi connectivity index (χ3n) is 5.82. The number of fused-ring (bicyclic) bond motifs is 1. The molecular formula is C24H24NO3P. The highest BCUT2D eigenvalue weighted by molar-refractivity contribution is 7.78. The Bertz CT molecular complexity index is 1050. The summed E-state index contributed by atoms with van der Waals surface area (Å²) in [5, 5.41) is 1.53. The first kappa shape index (κ1) is 19.5. The molecule has 1 aliphatic heterocycles. The largest absolute Gasteiger partial charge is 0.497 e. The van der Waals surface area contributed by atoms with Gasteiger partial charge >= 0.3 is 0 Å². The number of ether oxygens (including phenoxy) is 1. The topological polar surface area (TPSA) is 46.6 Å². The monoisotopic (exact) mass is 405 g/mol. The minimum atomic E-state index is -3.07. The smallest absolute Gasteiger partial charge is 0.237 e. The van der Waals surface area contributed by atoms with Crippen molar-refractivity contribution in [1.29, 1.82) is 0 Å².